The second-order valence-corrected chi connectivity index (χ2v) is 5.79. The second kappa shape index (κ2) is 5.46. The second-order valence-electron chi connectivity index (χ2n) is 4.47. The van der Waals surface area contributed by atoms with Gasteiger partial charge >= 0.3 is 0 Å². The minimum Gasteiger partial charge on any atom is -0.364 e. The topological polar surface area (TPSA) is 31.6 Å². The Morgan fingerprint density at radius 3 is 2.10 bits per heavy atom. The number of hydrogen-bond donors (Lipinski definition) is 2. The molecule has 0 fully saturated rings. The highest BCUT2D eigenvalue weighted by atomic mass is 79.9. The Labute approximate surface area is 129 Å². The van der Waals surface area contributed by atoms with Crippen molar-refractivity contribution in [2.45, 2.75) is 5.92 Å². The molecule has 5 heteroatoms. The van der Waals surface area contributed by atoms with Crippen LogP contribution in [0.2, 0.25) is 5.02 Å². The van der Waals surface area contributed by atoms with E-state index in [1.54, 1.807) is 6.07 Å². The van der Waals surface area contributed by atoms with Crippen LogP contribution in [0.3, 0.4) is 0 Å². The van der Waals surface area contributed by atoms with Crippen LogP contribution >= 0.6 is 27.5 Å². The Morgan fingerprint density at radius 2 is 1.65 bits per heavy atom. The van der Waals surface area contributed by atoms with Gasteiger partial charge in [-0.15, -0.1) is 0 Å². The molecule has 2 heterocycles. The van der Waals surface area contributed by atoms with Crippen molar-refractivity contribution in [1.29, 1.82) is 0 Å². The Balaban J connectivity index is 2.21. The highest BCUT2D eigenvalue weighted by Gasteiger charge is 2.24. The van der Waals surface area contributed by atoms with Gasteiger partial charge in [0.25, 0.3) is 0 Å². The zero-order chi connectivity index (χ0) is 14.1. The number of nitrogens with one attached hydrogen (secondary N) is 2. The van der Waals surface area contributed by atoms with Gasteiger partial charge in [0.1, 0.15) is 5.82 Å². The molecule has 0 unspecified atom stereocenters. The summed E-state index contributed by atoms with van der Waals surface area (Å²) in [5.74, 6) is -0.626. The number of aromatic amines is 2. The lowest BCUT2D eigenvalue weighted by Crippen LogP contribution is -2.07. The molecule has 3 aromatic rings. The van der Waals surface area contributed by atoms with Gasteiger partial charge in [0.05, 0.1) is 5.92 Å². The molecule has 0 aliphatic carbocycles. The van der Waals surface area contributed by atoms with Crippen molar-refractivity contribution in [2.75, 3.05) is 0 Å². The third-order valence-electron chi connectivity index (χ3n) is 3.20. The normalized spacial score (nSPS) is 11.2. The molecular formula is C15H11BrClFN2. The maximum Gasteiger partial charge on any atom is 0.130 e. The predicted octanol–water partition coefficient (Wildman–Crippen LogP) is 5.08. The lowest BCUT2D eigenvalue weighted by Gasteiger charge is -2.18. The molecule has 0 aliphatic rings. The maximum atomic E-state index is 14.4. The van der Waals surface area contributed by atoms with E-state index in [9.17, 15) is 4.39 Å². The van der Waals surface area contributed by atoms with Gasteiger partial charge < -0.3 is 9.97 Å². The molecule has 2 N–H and O–H groups in total. The van der Waals surface area contributed by atoms with Crippen molar-refractivity contribution in [2.24, 2.45) is 0 Å². The van der Waals surface area contributed by atoms with Crippen LogP contribution in [0.5, 0.6) is 0 Å². The Hall–Kier alpha value is -1.52. The van der Waals surface area contributed by atoms with Crippen LogP contribution in [0.15, 0.2) is 53.3 Å². The highest BCUT2D eigenvalue weighted by Crippen LogP contribution is 2.37. The molecule has 0 aliphatic heterocycles. The number of H-pyrrole nitrogens is 2. The standard InChI is InChI=1S/C15H11BrClFN2/c16-9-7-10(17)14(11(18)8-9)15(12-3-1-5-19-12)13-4-2-6-20-13/h1-8,15,19-20H. The van der Waals surface area contributed by atoms with Gasteiger partial charge in [0.15, 0.2) is 0 Å². The SMILES string of the molecule is Fc1cc(Br)cc(Cl)c1C(c1ccc[nH]1)c1ccc[nH]1. The van der Waals surface area contributed by atoms with E-state index in [0.29, 0.717) is 15.1 Å². The maximum absolute atomic E-state index is 14.4. The predicted molar refractivity (Wildman–Crippen MR) is 81.6 cm³/mol. The number of rotatable bonds is 3. The first kappa shape index (κ1) is 13.5. The smallest absolute Gasteiger partial charge is 0.130 e. The van der Waals surface area contributed by atoms with Crippen LogP contribution in [0.1, 0.15) is 22.9 Å². The van der Waals surface area contributed by atoms with Crippen LogP contribution in [0, 0.1) is 5.82 Å². The molecule has 0 amide bonds. The minimum atomic E-state index is -0.335. The van der Waals surface area contributed by atoms with E-state index in [-0.39, 0.29) is 11.7 Å². The monoisotopic (exact) mass is 352 g/mol. The summed E-state index contributed by atoms with van der Waals surface area (Å²) in [6, 6.07) is 10.7. The van der Waals surface area contributed by atoms with E-state index in [2.05, 4.69) is 25.9 Å². The van der Waals surface area contributed by atoms with Crippen molar-refractivity contribution in [3.05, 3.63) is 81.1 Å². The zero-order valence-electron chi connectivity index (χ0n) is 10.3. The van der Waals surface area contributed by atoms with Gasteiger partial charge in [-0.1, -0.05) is 27.5 Å². The number of hydrogen-bond acceptors (Lipinski definition) is 0. The summed E-state index contributed by atoms with van der Waals surface area (Å²) in [4.78, 5) is 6.27. The van der Waals surface area contributed by atoms with Crippen LogP contribution in [-0.2, 0) is 0 Å². The van der Waals surface area contributed by atoms with E-state index >= 15 is 0 Å². The molecule has 0 atom stereocenters. The largest absolute Gasteiger partial charge is 0.364 e. The van der Waals surface area contributed by atoms with Gasteiger partial charge in [0, 0.05) is 38.8 Å². The van der Waals surface area contributed by atoms with Crippen molar-refractivity contribution >= 4 is 27.5 Å². The van der Waals surface area contributed by atoms with Crippen molar-refractivity contribution in [3.63, 3.8) is 0 Å². The third-order valence-corrected chi connectivity index (χ3v) is 3.97. The number of aromatic nitrogens is 2. The van der Waals surface area contributed by atoms with Crippen LogP contribution in [0.4, 0.5) is 4.39 Å². The molecule has 0 saturated heterocycles. The fraction of sp³-hybridized carbons (Fsp3) is 0.0667. The van der Waals surface area contributed by atoms with Gasteiger partial charge in [-0.2, -0.15) is 0 Å². The number of halogens is 3. The van der Waals surface area contributed by atoms with Gasteiger partial charge in [-0.25, -0.2) is 4.39 Å². The minimum absolute atomic E-state index is 0.291. The summed E-state index contributed by atoms with van der Waals surface area (Å²) in [6.45, 7) is 0. The summed E-state index contributed by atoms with van der Waals surface area (Å²) in [5, 5.41) is 0.395. The summed E-state index contributed by atoms with van der Waals surface area (Å²) in [5.41, 5.74) is 2.23. The average Bonchev–Trinajstić information content (AvgIpc) is 3.07. The zero-order valence-corrected chi connectivity index (χ0v) is 12.7. The van der Waals surface area contributed by atoms with Crippen LogP contribution in [-0.4, -0.2) is 9.97 Å². The molecule has 3 rings (SSSR count). The molecule has 0 bridgehead atoms. The van der Waals surface area contributed by atoms with Crippen molar-refractivity contribution in [3.8, 4) is 0 Å². The van der Waals surface area contributed by atoms with Crippen molar-refractivity contribution in [1.82, 2.24) is 9.97 Å². The van der Waals surface area contributed by atoms with Crippen LogP contribution < -0.4 is 0 Å². The fourth-order valence-electron chi connectivity index (χ4n) is 2.36. The Bertz CT molecular complexity index is 650. The quantitative estimate of drug-likeness (QED) is 0.658. The van der Waals surface area contributed by atoms with E-state index in [1.165, 1.54) is 6.07 Å². The lowest BCUT2D eigenvalue weighted by molar-refractivity contribution is 0.603. The molecule has 1 aromatic carbocycles. The van der Waals surface area contributed by atoms with Gasteiger partial charge in [0.2, 0.25) is 0 Å². The summed E-state index contributed by atoms with van der Waals surface area (Å²) in [6.07, 6.45) is 3.63. The van der Waals surface area contributed by atoms with E-state index in [4.69, 9.17) is 11.6 Å². The summed E-state index contributed by atoms with van der Waals surface area (Å²) >= 11 is 9.52. The Morgan fingerprint density at radius 1 is 1.05 bits per heavy atom. The molecule has 0 spiro atoms. The average molecular weight is 354 g/mol. The first-order valence-electron chi connectivity index (χ1n) is 6.08. The highest BCUT2D eigenvalue weighted by molar-refractivity contribution is 9.10. The molecule has 0 radical (unpaired) electrons. The third kappa shape index (κ3) is 2.41. The fourth-order valence-corrected chi connectivity index (χ4v) is 3.23. The first-order chi connectivity index (χ1) is 9.66. The van der Waals surface area contributed by atoms with Gasteiger partial charge in [-0.05, 0) is 36.4 Å². The number of benzene rings is 1. The van der Waals surface area contributed by atoms with E-state index in [0.717, 1.165) is 11.4 Å². The van der Waals surface area contributed by atoms with E-state index < -0.39 is 0 Å². The van der Waals surface area contributed by atoms with Gasteiger partial charge in [-0.3, -0.25) is 0 Å². The Kier molecular flexibility index (Phi) is 3.68. The van der Waals surface area contributed by atoms with Crippen LogP contribution in [0.25, 0.3) is 0 Å². The summed E-state index contributed by atoms with van der Waals surface area (Å²) < 4.78 is 15.0. The molecule has 2 nitrogen and oxygen atoms in total. The molecule has 102 valence electrons. The van der Waals surface area contributed by atoms with E-state index in [1.807, 2.05) is 36.7 Å². The molecule has 20 heavy (non-hydrogen) atoms. The molecule has 0 saturated carbocycles. The summed E-state index contributed by atoms with van der Waals surface area (Å²) in [7, 11) is 0. The molecule has 2 aromatic heterocycles. The lowest BCUT2D eigenvalue weighted by atomic mass is 9.92. The van der Waals surface area contributed by atoms with Crippen molar-refractivity contribution < 1.29 is 4.39 Å². The molecular weight excluding hydrogens is 343 g/mol. The first-order valence-corrected chi connectivity index (χ1v) is 7.25.